The molecule has 3 rings (SSSR count). The number of rotatable bonds is 4. The minimum Gasteiger partial charge on any atom is -0.489 e. The Morgan fingerprint density at radius 1 is 1.20 bits per heavy atom. The number of carbonyl (C=O) groups excluding carboxylic acids is 1. The highest BCUT2D eigenvalue weighted by atomic mass is 16.6. The molecule has 1 unspecified atom stereocenters. The molecule has 5 nitrogen and oxygen atoms in total. The van der Waals surface area contributed by atoms with Crippen molar-refractivity contribution in [3.05, 3.63) is 42.5 Å². The van der Waals surface area contributed by atoms with E-state index < -0.39 is 17.7 Å². The number of aliphatic hydroxyl groups is 1. The summed E-state index contributed by atoms with van der Waals surface area (Å²) in [5.74, 6) is 0.189. The Morgan fingerprint density at radius 3 is 2.64 bits per heavy atom. The summed E-state index contributed by atoms with van der Waals surface area (Å²) in [7, 11) is 0. The van der Waals surface area contributed by atoms with Crippen LogP contribution in [-0.4, -0.2) is 41.5 Å². The van der Waals surface area contributed by atoms with Gasteiger partial charge in [-0.05, 0) is 43.7 Å². The summed E-state index contributed by atoms with van der Waals surface area (Å²) in [6.45, 7) is 5.93. The maximum atomic E-state index is 12.0. The number of benzene rings is 2. The molecule has 5 heteroatoms. The first kappa shape index (κ1) is 17.7. The molecule has 2 N–H and O–H groups in total. The third kappa shape index (κ3) is 4.50. The van der Waals surface area contributed by atoms with Crippen LogP contribution in [0, 0.1) is 0 Å². The number of fused-ring (bicyclic) bond motifs is 1. The monoisotopic (exact) mass is 343 g/mol. The number of esters is 1. The summed E-state index contributed by atoms with van der Waals surface area (Å²) < 4.78 is 11.3. The van der Waals surface area contributed by atoms with Crippen molar-refractivity contribution in [2.75, 3.05) is 6.54 Å². The highest BCUT2D eigenvalue weighted by Gasteiger charge is 2.36. The van der Waals surface area contributed by atoms with Crippen molar-refractivity contribution < 1.29 is 19.4 Å². The van der Waals surface area contributed by atoms with Gasteiger partial charge in [-0.3, -0.25) is 0 Å². The second kappa shape index (κ2) is 7.02. The molecule has 0 bridgehead atoms. The summed E-state index contributed by atoms with van der Waals surface area (Å²) in [5, 5.41) is 15.7. The SMILES string of the molecule is CC(C)(C)OC(=O)C(O)[C@@H]1C[C@H](Oc2ccc3ccccc3c2)CN1. The number of carbonyl (C=O) groups is 1. The lowest BCUT2D eigenvalue weighted by atomic mass is 10.1. The van der Waals surface area contributed by atoms with Gasteiger partial charge in [0.2, 0.25) is 0 Å². The predicted octanol–water partition coefficient (Wildman–Crippen LogP) is 2.65. The Hall–Kier alpha value is -2.11. The molecular formula is C20H25NO4. The summed E-state index contributed by atoms with van der Waals surface area (Å²) in [6, 6.07) is 13.7. The minimum absolute atomic E-state index is 0.0942. The van der Waals surface area contributed by atoms with Crippen LogP contribution in [0.2, 0.25) is 0 Å². The summed E-state index contributed by atoms with van der Waals surface area (Å²) >= 11 is 0. The highest BCUT2D eigenvalue weighted by Crippen LogP contribution is 2.24. The van der Waals surface area contributed by atoms with E-state index in [1.807, 2.05) is 36.4 Å². The zero-order valence-corrected chi connectivity index (χ0v) is 14.9. The Labute approximate surface area is 147 Å². The van der Waals surface area contributed by atoms with E-state index in [1.165, 1.54) is 0 Å². The predicted molar refractivity (Wildman–Crippen MR) is 96.6 cm³/mol. The molecule has 1 fully saturated rings. The van der Waals surface area contributed by atoms with Crippen LogP contribution in [0.4, 0.5) is 0 Å². The van der Waals surface area contributed by atoms with Crippen LogP contribution in [0.3, 0.4) is 0 Å². The van der Waals surface area contributed by atoms with Crippen LogP contribution in [0.25, 0.3) is 10.8 Å². The first-order chi connectivity index (χ1) is 11.8. The van der Waals surface area contributed by atoms with E-state index in [2.05, 4.69) is 11.4 Å². The lowest BCUT2D eigenvalue weighted by Crippen LogP contribution is -2.43. The van der Waals surface area contributed by atoms with Crippen molar-refractivity contribution in [2.45, 2.75) is 51.0 Å². The van der Waals surface area contributed by atoms with Crippen molar-refractivity contribution in [3.63, 3.8) is 0 Å². The molecule has 0 aromatic heterocycles. The molecule has 3 atom stereocenters. The van der Waals surface area contributed by atoms with E-state index in [0.29, 0.717) is 13.0 Å². The fourth-order valence-electron chi connectivity index (χ4n) is 3.02. The molecule has 134 valence electrons. The second-order valence-electron chi connectivity index (χ2n) is 7.48. The lowest BCUT2D eigenvalue weighted by Gasteiger charge is -2.24. The van der Waals surface area contributed by atoms with Gasteiger partial charge >= 0.3 is 5.97 Å². The lowest BCUT2D eigenvalue weighted by molar-refractivity contribution is -0.166. The quantitative estimate of drug-likeness (QED) is 0.836. The fourth-order valence-corrected chi connectivity index (χ4v) is 3.02. The number of hydrogen-bond acceptors (Lipinski definition) is 5. The average Bonchev–Trinajstić information content (AvgIpc) is 3.01. The van der Waals surface area contributed by atoms with E-state index in [0.717, 1.165) is 16.5 Å². The second-order valence-corrected chi connectivity index (χ2v) is 7.48. The highest BCUT2D eigenvalue weighted by molar-refractivity contribution is 5.83. The van der Waals surface area contributed by atoms with E-state index >= 15 is 0 Å². The molecule has 0 saturated carbocycles. The molecule has 0 amide bonds. The third-order valence-electron chi connectivity index (χ3n) is 4.18. The van der Waals surface area contributed by atoms with Gasteiger partial charge in [-0.15, -0.1) is 0 Å². The van der Waals surface area contributed by atoms with Crippen molar-refractivity contribution >= 4 is 16.7 Å². The Morgan fingerprint density at radius 2 is 1.92 bits per heavy atom. The summed E-state index contributed by atoms with van der Waals surface area (Å²) in [6.07, 6.45) is -0.736. The smallest absolute Gasteiger partial charge is 0.337 e. The van der Waals surface area contributed by atoms with Gasteiger partial charge in [-0.1, -0.05) is 30.3 Å². The van der Waals surface area contributed by atoms with Crippen LogP contribution in [0.5, 0.6) is 5.75 Å². The number of ether oxygens (including phenoxy) is 2. The van der Waals surface area contributed by atoms with Gasteiger partial charge in [0, 0.05) is 19.0 Å². The molecular weight excluding hydrogens is 318 g/mol. The fraction of sp³-hybridized carbons (Fsp3) is 0.450. The van der Waals surface area contributed by atoms with E-state index in [1.54, 1.807) is 20.8 Å². The average molecular weight is 343 g/mol. The Balaban J connectivity index is 1.59. The Kier molecular flexibility index (Phi) is 4.97. The molecule has 1 saturated heterocycles. The Bertz CT molecular complexity index is 753. The van der Waals surface area contributed by atoms with Crippen LogP contribution in [0.1, 0.15) is 27.2 Å². The zero-order valence-electron chi connectivity index (χ0n) is 14.9. The minimum atomic E-state index is -1.19. The number of nitrogens with one attached hydrogen (secondary N) is 1. The first-order valence-corrected chi connectivity index (χ1v) is 8.61. The van der Waals surface area contributed by atoms with Crippen molar-refractivity contribution in [1.29, 1.82) is 0 Å². The molecule has 1 heterocycles. The van der Waals surface area contributed by atoms with Crippen molar-refractivity contribution in [3.8, 4) is 5.75 Å². The van der Waals surface area contributed by atoms with E-state index in [-0.39, 0.29) is 12.1 Å². The molecule has 0 aliphatic carbocycles. The number of aliphatic hydroxyl groups excluding tert-OH is 1. The standard InChI is InChI=1S/C20H25NO4/c1-20(2,3)25-19(23)18(22)17-11-16(12-21-17)24-15-9-8-13-6-4-5-7-14(13)10-15/h4-10,16-18,21-22H,11-12H2,1-3H3/t16-,17-,18?/m0/s1. The van der Waals surface area contributed by atoms with Gasteiger partial charge in [0.1, 0.15) is 17.5 Å². The van der Waals surface area contributed by atoms with Gasteiger partial charge in [0.15, 0.2) is 6.10 Å². The van der Waals surface area contributed by atoms with Gasteiger partial charge in [-0.25, -0.2) is 4.79 Å². The van der Waals surface area contributed by atoms with Gasteiger partial charge < -0.3 is 19.9 Å². The molecule has 0 radical (unpaired) electrons. The molecule has 1 aliphatic heterocycles. The van der Waals surface area contributed by atoms with Crippen LogP contribution < -0.4 is 10.1 Å². The van der Waals surface area contributed by atoms with Gasteiger partial charge in [0.05, 0.1) is 0 Å². The largest absolute Gasteiger partial charge is 0.489 e. The maximum Gasteiger partial charge on any atom is 0.337 e. The normalized spacial score (nSPS) is 21.9. The van der Waals surface area contributed by atoms with Gasteiger partial charge in [0.25, 0.3) is 0 Å². The maximum absolute atomic E-state index is 12.0. The molecule has 2 aromatic rings. The topological polar surface area (TPSA) is 67.8 Å². The van der Waals surface area contributed by atoms with E-state index in [9.17, 15) is 9.90 Å². The summed E-state index contributed by atoms with van der Waals surface area (Å²) in [5.41, 5.74) is -0.613. The molecule has 2 aromatic carbocycles. The van der Waals surface area contributed by atoms with Gasteiger partial charge in [-0.2, -0.15) is 0 Å². The number of hydrogen-bond donors (Lipinski definition) is 2. The zero-order chi connectivity index (χ0) is 18.0. The van der Waals surface area contributed by atoms with Crippen molar-refractivity contribution in [2.24, 2.45) is 0 Å². The van der Waals surface area contributed by atoms with Crippen LogP contribution in [0.15, 0.2) is 42.5 Å². The third-order valence-corrected chi connectivity index (χ3v) is 4.18. The van der Waals surface area contributed by atoms with Crippen LogP contribution in [-0.2, 0) is 9.53 Å². The molecule has 0 spiro atoms. The molecule has 25 heavy (non-hydrogen) atoms. The van der Waals surface area contributed by atoms with Crippen molar-refractivity contribution in [1.82, 2.24) is 5.32 Å². The van der Waals surface area contributed by atoms with E-state index in [4.69, 9.17) is 9.47 Å². The van der Waals surface area contributed by atoms with Crippen LogP contribution >= 0.6 is 0 Å². The molecule has 1 aliphatic rings. The summed E-state index contributed by atoms with van der Waals surface area (Å²) in [4.78, 5) is 12.0. The first-order valence-electron chi connectivity index (χ1n) is 8.61.